The minimum absolute atomic E-state index is 0.0236. The van der Waals surface area contributed by atoms with Crippen molar-refractivity contribution in [3.8, 4) is 0 Å². The summed E-state index contributed by atoms with van der Waals surface area (Å²) >= 11 is 5.32. The van der Waals surface area contributed by atoms with Gasteiger partial charge in [0, 0.05) is 5.92 Å². The van der Waals surface area contributed by atoms with Crippen molar-refractivity contribution >= 4 is 67.7 Å². The van der Waals surface area contributed by atoms with Gasteiger partial charge in [0.2, 0.25) is 5.95 Å². The summed E-state index contributed by atoms with van der Waals surface area (Å²) in [5, 5.41) is 10.4. The first-order valence-electron chi connectivity index (χ1n) is 13.2. The van der Waals surface area contributed by atoms with E-state index in [0.717, 1.165) is 0 Å². The van der Waals surface area contributed by atoms with Gasteiger partial charge in [-0.05, 0) is 11.8 Å². The number of aromatic nitrogens is 8. The van der Waals surface area contributed by atoms with Crippen LogP contribution in [-0.2, 0) is 43.9 Å². The molecule has 7 rings (SSSR count). The number of rotatable bonds is 3. The Bertz CT molecular complexity index is 1970. The highest BCUT2D eigenvalue weighted by Crippen LogP contribution is 2.55. The molecule has 0 radical (unpaired) electrons. The van der Waals surface area contributed by atoms with Crippen LogP contribution in [0.2, 0.25) is 0 Å². The molecular weight excluding hydrogens is 676 g/mol. The van der Waals surface area contributed by atoms with Gasteiger partial charge in [-0.2, -0.15) is 4.98 Å². The second kappa shape index (κ2) is 11.6. The molecule has 0 amide bonds. The molecule has 7 N–H and O–H groups in total. The number of nitrogen functional groups attached to an aromatic ring is 2. The van der Waals surface area contributed by atoms with Crippen molar-refractivity contribution in [2.45, 2.75) is 43.0 Å². The van der Waals surface area contributed by atoms with E-state index in [0.29, 0.717) is 0 Å². The van der Waals surface area contributed by atoms with Crippen LogP contribution in [0.1, 0.15) is 12.5 Å². The number of aliphatic hydroxyl groups is 1. The lowest BCUT2D eigenvalue weighted by Gasteiger charge is -2.29. The number of nitrogens with one attached hydrogen (secondary N) is 1. The zero-order valence-electron chi connectivity index (χ0n) is 22.6. The summed E-state index contributed by atoms with van der Waals surface area (Å²) in [5.41, 5.74) is 11.4. The lowest BCUT2D eigenvalue weighted by Crippen LogP contribution is -2.34. The third-order valence-corrected chi connectivity index (χ3v) is 9.90. The molecule has 9 unspecified atom stereocenters. The van der Waals surface area contributed by atoms with Crippen molar-refractivity contribution in [3.05, 3.63) is 29.3 Å². The molecule has 25 heteroatoms. The quantitative estimate of drug-likeness (QED) is 0.118. The third kappa shape index (κ3) is 5.54. The zero-order valence-corrected chi connectivity index (χ0v) is 25.2. The van der Waals surface area contributed by atoms with Gasteiger partial charge in [-0.3, -0.25) is 18.9 Å². The molecule has 4 aromatic rings. The van der Waals surface area contributed by atoms with Gasteiger partial charge in [0.15, 0.2) is 41.3 Å². The molecule has 3 aliphatic rings. The van der Waals surface area contributed by atoms with Crippen LogP contribution < -0.4 is 17.0 Å². The van der Waals surface area contributed by atoms with Crippen molar-refractivity contribution in [1.29, 1.82) is 0 Å². The van der Waals surface area contributed by atoms with E-state index in [1.54, 1.807) is 0 Å². The van der Waals surface area contributed by atoms with Crippen molar-refractivity contribution in [2.24, 2.45) is 5.92 Å². The summed E-state index contributed by atoms with van der Waals surface area (Å²) in [6.07, 6.45) is -5.73. The monoisotopic (exact) mass is 703 g/mol. The standard InChI is InChI=1S/C21H27BFN10O10P2S/c22-44(36)38-2-8-7(1-34)13(20(40-8)33-6-29-12-17(33)30-21(25)31-18(12)35)43-45(37,46)39-3-9-14(42-44)10(23)19(41-9)32-5-28-11-15(24)26-4-27-16(11)32/h4-10,13-14,19-20,34H,1-3H2,22H3,(H,37,46)(H2,24,26,27)(H3,25,30,31,35)/q-1/t7?,8?,9?,10?,13?,14?,19?,20?,44-,45?/m0/s1. The first-order chi connectivity index (χ1) is 21.9. The third-order valence-electron chi connectivity index (χ3n) is 7.57. The summed E-state index contributed by atoms with van der Waals surface area (Å²) in [7, 11) is -5.07. The highest BCUT2D eigenvalue weighted by atomic mass is 32.5. The maximum atomic E-state index is 16.1. The molecule has 4 aromatic heterocycles. The summed E-state index contributed by atoms with van der Waals surface area (Å²) in [5.74, 6) is -1.04. The van der Waals surface area contributed by atoms with Gasteiger partial charge in [-0.15, -0.1) is 0 Å². The largest absolute Gasteiger partial charge is 0.396 e. The Balaban J connectivity index is 1.22. The minimum Gasteiger partial charge on any atom is -0.396 e. The molecule has 0 aliphatic carbocycles. The van der Waals surface area contributed by atoms with Gasteiger partial charge in [-0.25, -0.2) is 24.3 Å². The highest BCUT2D eigenvalue weighted by Gasteiger charge is 2.52. The number of anilines is 2. The predicted octanol–water partition coefficient (Wildman–Crippen LogP) is -1.63. The number of hydrogen-bond acceptors (Lipinski definition) is 17. The number of nitrogens with two attached hydrogens (primary N) is 2. The molecule has 0 spiro atoms. The summed E-state index contributed by atoms with van der Waals surface area (Å²) in [6, 6.07) is 0. The highest BCUT2D eigenvalue weighted by molar-refractivity contribution is 8.07. The fourth-order valence-electron chi connectivity index (χ4n) is 5.50. The number of ether oxygens (including phenoxy) is 2. The van der Waals surface area contributed by atoms with Crippen LogP contribution in [0.25, 0.3) is 22.3 Å². The Morgan fingerprint density at radius 3 is 2.48 bits per heavy atom. The fraction of sp³-hybridized carbons (Fsp3) is 0.524. The second-order valence-electron chi connectivity index (χ2n) is 10.2. The van der Waals surface area contributed by atoms with Crippen LogP contribution in [0.15, 0.2) is 23.8 Å². The number of H-pyrrole nitrogens is 1. The van der Waals surface area contributed by atoms with Crippen LogP contribution in [0.3, 0.4) is 0 Å². The number of aromatic amines is 1. The van der Waals surface area contributed by atoms with E-state index in [1.807, 2.05) is 0 Å². The molecule has 3 saturated heterocycles. The number of hydrogen-bond donors (Lipinski definition) is 5. The van der Waals surface area contributed by atoms with E-state index in [2.05, 4.69) is 29.9 Å². The van der Waals surface area contributed by atoms with Gasteiger partial charge in [-0.1, -0.05) is 0 Å². The van der Waals surface area contributed by atoms with Gasteiger partial charge in [0.25, 0.3) is 5.56 Å². The molecular formula is C21H27BFN10O10P2S-. The first kappa shape index (κ1) is 31.6. The van der Waals surface area contributed by atoms with Crippen LogP contribution in [0.5, 0.6) is 0 Å². The average Bonchev–Trinajstić information content (AvgIpc) is 3.75. The number of alkyl halides is 1. The van der Waals surface area contributed by atoms with Crippen molar-refractivity contribution in [3.63, 3.8) is 0 Å². The van der Waals surface area contributed by atoms with E-state index in [9.17, 15) is 19.4 Å². The molecule has 7 heterocycles. The summed E-state index contributed by atoms with van der Waals surface area (Å²) in [6.45, 7) is -5.68. The Morgan fingerprint density at radius 1 is 1.02 bits per heavy atom. The summed E-state index contributed by atoms with van der Waals surface area (Å²) < 4.78 is 67.7. The normalized spacial score (nSPS) is 37.1. The SMILES string of the molecule is [BH3-][P@]1(=O)OCC2OC(n3cnc4c(=O)[nH]c(N)nc43)C(OP(O)(=S)OCC3OC(n4cnc5c(N)ncnc54)C(F)C3O1)C2CO. The van der Waals surface area contributed by atoms with Gasteiger partial charge in [0.05, 0.1) is 46.1 Å². The number of nitrogens with zero attached hydrogens (tertiary/aromatic N) is 7. The number of imidazole rings is 2. The average molecular weight is 703 g/mol. The van der Waals surface area contributed by atoms with E-state index in [1.165, 1.54) is 28.1 Å². The van der Waals surface area contributed by atoms with Crippen LogP contribution in [0.4, 0.5) is 16.2 Å². The lowest BCUT2D eigenvalue weighted by atomic mass is 9.99. The summed E-state index contributed by atoms with van der Waals surface area (Å²) in [4.78, 5) is 46.3. The Morgan fingerprint density at radius 2 is 1.72 bits per heavy atom. The van der Waals surface area contributed by atoms with E-state index >= 15 is 4.39 Å². The van der Waals surface area contributed by atoms with Gasteiger partial charge < -0.3 is 53.6 Å². The smallest absolute Gasteiger partial charge is 0.325 e. The van der Waals surface area contributed by atoms with Crippen LogP contribution >= 0.6 is 14.2 Å². The molecule has 2 bridgehead atoms. The molecule has 10 atom stereocenters. The topological polar surface area (TPSA) is 272 Å². The van der Waals surface area contributed by atoms with E-state index in [-0.39, 0.29) is 40.7 Å². The first-order valence-corrected chi connectivity index (χ1v) is 16.9. The number of halogens is 1. The van der Waals surface area contributed by atoms with Gasteiger partial charge in [0.1, 0.15) is 37.6 Å². The van der Waals surface area contributed by atoms with E-state index < -0.39 is 89.5 Å². The Labute approximate surface area is 262 Å². The van der Waals surface area contributed by atoms with E-state index in [4.69, 9.17) is 50.8 Å². The van der Waals surface area contributed by atoms with Crippen LogP contribution in [-0.4, -0.2) is 107 Å². The lowest BCUT2D eigenvalue weighted by molar-refractivity contribution is -0.0586. The number of aliphatic hydroxyl groups excluding tert-OH is 1. The molecule has 20 nitrogen and oxygen atoms in total. The fourth-order valence-corrected chi connectivity index (χ4v) is 7.72. The molecule has 248 valence electrons. The predicted molar refractivity (Wildman–Crippen MR) is 161 cm³/mol. The van der Waals surface area contributed by atoms with Gasteiger partial charge >= 0.3 is 6.72 Å². The second-order valence-corrected chi connectivity index (χ2v) is 13.9. The minimum atomic E-state index is -4.21. The molecule has 3 fully saturated rings. The molecule has 46 heavy (non-hydrogen) atoms. The Hall–Kier alpha value is -2.95. The molecule has 0 saturated carbocycles. The molecule has 3 aliphatic heterocycles. The van der Waals surface area contributed by atoms with Crippen LogP contribution in [0, 0.1) is 5.92 Å². The zero-order chi connectivity index (χ0) is 32.5. The molecule has 0 aromatic carbocycles. The van der Waals surface area contributed by atoms with Crippen molar-refractivity contribution in [1.82, 2.24) is 39.0 Å². The van der Waals surface area contributed by atoms with Crippen molar-refractivity contribution in [2.75, 3.05) is 31.3 Å². The number of fused-ring (bicyclic) bond motifs is 5. The Kier molecular flexibility index (Phi) is 8.00. The maximum Gasteiger partial charge on any atom is 0.325 e. The van der Waals surface area contributed by atoms with Crippen molar-refractivity contribution < 1.29 is 46.5 Å². The maximum absolute atomic E-state index is 16.1.